The molecule has 8 nitrogen and oxygen atoms in total. The molecule has 4 N–H and O–H groups in total. The van der Waals surface area contributed by atoms with Gasteiger partial charge in [0.1, 0.15) is 5.75 Å². The van der Waals surface area contributed by atoms with E-state index in [-0.39, 0.29) is 12.3 Å². The predicted octanol–water partition coefficient (Wildman–Crippen LogP) is 1.66. The van der Waals surface area contributed by atoms with Crippen molar-refractivity contribution < 1.29 is 32.3 Å². The third-order valence-corrected chi connectivity index (χ3v) is 3.29. The van der Waals surface area contributed by atoms with E-state index in [1.54, 1.807) is 12.1 Å². The van der Waals surface area contributed by atoms with E-state index in [2.05, 4.69) is 10.4 Å². The maximum Gasteiger partial charge on any atom is 0.416 e. The molecule has 0 atom stereocenters. The van der Waals surface area contributed by atoms with Gasteiger partial charge in [0.25, 0.3) is 5.91 Å². The Morgan fingerprint density at radius 1 is 1.07 bits per heavy atom. The second-order valence-corrected chi connectivity index (χ2v) is 5.56. The molecule has 2 rings (SSSR count). The average molecular weight is 408 g/mol. The lowest BCUT2D eigenvalue weighted by atomic mass is 10.2. The van der Waals surface area contributed by atoms with Crippen molar-refractivity contribution >= 4 is 29.6 Å². The summed E-state index contributed by atoms with van der Waals surface area (Å²) in [6.45, 7) is -0.273. The predicted molar refractivity (Wildman–Crippen MR) is 96.9 cm³/mol. The first-order valence-electron chi connectivity index (χ1n) is 7.98. The fourth-order valence-corrected chi connectivity index (χ4v) is 1.98. The van der Waals surface area contributed by atoms with Gasteiger partial charge in [0.2, 0.25) is 0 Å². The van der Waals surface area contributed by atoms with Crippen LogP contribution in [0.1, 0.15) is 11.1 Å². The minimum absolute atomic E-state index is 0.185. The Morgan fingerprint density at radius 2 is 1.76 bits per heavy atom. The van der Waals surface area contributed by atoms with Crippen LogP contribution in [0.5, 0.6) is 5.75 Å². The van der Waals surface area contributed by atoms with Crippen LogP contribution in [0, 0.1) is 0 Å². The second kappa shape index (κ2) is 9.35. The zero-order chi connectivity index (χ0) is 21.4. The maximum atomic E-state index is 12.7. The van der Waals surface area contributed by atoms with E-state index in [0.717, 1.165) is 12.1 Å². The lowest BCUT2D eigenvalue weighted by Gasteiger charge is -2.09. The number of halogens is 3. The Labute approximate surface area is 162 Å². The summed E-state index contributed by atoms with van der Waals surface area (Å²) in [7, 11) is 0. The molecule has 11 heteroatoms. The van der Waals surface area contributed by atoms with Crippen LogP contribution in [0.2, 0.25) is 0 Å². The van der Waals surface area contributed by atoms with Gasteiger partial charge in [-0.25, -0.2) is 5.43 Å². The fraction of sp³-hybridized carbons (Fsp3) is 0.111. The van der Waals surface area contributed by atoms with Gasteiger partial charge in [0, 0.05) is 5.69 Å². The molecule has 0 aliphatic rings. The number of benzene rings is 2. The lowest BCUT2D eigenvalue weighted by molar-refractivity contribution is -0.137. The molecule has 2 aromatic carbocycles. The van der Waals surface area contributed by atoms with Crippen molar-refractivity contribution in [1.29, 1.82) is 0 Å². The van der Waals surface area contributed by atoms with E-state index >= 15 is 0 Å². The number of nitrogens with two attached hydrogens (primary N) is 1. The number of amides is 3. The Kier molecular flexibility index (Phi) is 6.90. The number of hydrogen-bond donors (Lipinski definition) is 3. The molecule has 3 amide bonds. The van der Waals surface area contributed by atoms with Gasteiger partial charge in [-0.1, -0.05) is 6.07 Å². The maximum absolute atomic E-state index is 12.7. The van der Waals surface area contributed by atoms with E-state index in [0.29, 0.717) is 17.4 Å². The monoisotopic (exact) mass is 408 g/mol. The third-order valence-electron chi connectivity index (χ3n) is 3.29. The number of alkyl halides is 3. The molecule has 152 valence electrons. The molecule has 0 aromatic heterocycles. The SMILES string of the molecule is NC(=O)COc1ccc(/C=N\NC(=O)C(=O)Nc2cccc(C(F)(F)F)c2)cc1. The number of hydrazone groups is 1. The van der Waals surface area contributed by atoms with Gasteiger partial charge < -0.3 is 15.8 Å². The van der Waals surface area contributed by atoms with Gasteiger partial charge in [0.05, 0.1) is 11.8 Å². The number of hydrogen-bond acceptors (Lipinski definition) is 5. The topological polar surface area (TPSA) is 123 Å². The molecule has 0 bridgehead atoms. The molecule has 0 unspecified atom stereocenters. The number of rotatable bonds is 6. The first kappa shape index (κ1) is 21.4. The van der Waals surface area contributed by atoms with Crippen LogP contribution in [-0.4, -0.2) is 30.5 Å². The Morgan fingerprint density at radius 3 is 2.38 bits per heavy atom. The number of nitrogens with one attached hydrogen (secondary N) is 2. The molecule has 0 aliphatic heterocycles. The van der Waals surface area contributed by atoms with E-state index in [9.17, 15) is 27.6 Å². The summed E-state index contributed by atoms with van der Waals surface area (Å²) in [6.07, 6.45) is -3.35. The fourth-order valence-electron chi connectivity index (χ4n) is 1.98. The highest BCUT2D eigenvalue weighted by molar-refractivity contribution is 6.39. The average Bonchev–Trinajstić information content (AvgIpc) is 2.66. The van der Waals surface area contributed by atoms with Crippen molar-refractivity contribution in [3.05, 3.63) is 59.7 Å². The summed E-state index contributed by atoms with van der Waals surface area (Å²) in [6, 6.07) is 10.1. The van der Waals surface area contributed by atoms with Gasteiger partial charge in [-0.3, -0.25) is 14.4 Å². The molecule has 0 spiro atoms. The van der Waals surface area contributed by atoms with E-state index in [1.165, 1.54) is 24.4 Å². The van der Waals surface area contributed by atoms with E-state index in [4.69, 9.17) is 10.5 Å². The minimum Gasteiger partial charge on any atom is -0.484 e. The van der Waals surface area contributed by atoms with Crippen LogP contribution in [-0.2, 0) is 20.6 Å². The van der Waals surface area contributed by atoms with E-state index < -0.39 is 29.5 Å². The van der Waals surface area contributed by atoms with Crippen LogP contribution in [0.3, 0.4) is 0 Å². The first-order valence-corrected chi connectivity index (χ1v) is 7.98. The zero-order valence-electron chi connectivity index (χ0n) is 14.7. The molecule has 29 heavy (non-hydrogen) atoms. The first-order chi connectivity index (χ1) is 13.6. The van der Waals surface area contributed by atoms with Gasteiger partial charge in [0.15, 0.2) is 6.61 Å². The van der Waals surface area contributed by atoms with Crippen molar-refractivity contribution in [3.63, 3.8) is 0 Å². The largest absolute Gasteiger partial charge is 0.484 e. The summed E-state index contributed by atoms with van der Waals surface area (Å²) in [5.74, 6) is -2.58. The Bertz CT molecular complexity index is 927. The highest BCUT2D eigenvalue weighted by Crippen LogP contribution is 2.30. The Hall–Kier alpha value is -3.89. The summed E-state index contributed by atoms with van der Waals surface area (Å²) < 4.78 is 43.0. The van der Waals surface area contributed by atoms with Crippen LogP contribution in [0.25, 0.3) is 0 Å². The van der Waals surface area contributed by atoms with Crippen molar-refractivity contribution in [2.45, 2.75) is 6.18 Å². The van der Waals surface area contributed by atoms with Crippen LogP contribution in [0.4, 0.5) is 18.9 Å². The number of anilines is 1. The summed E-state index contributed by atoms with van der Waals surface area (Å²) in [4.78, 5) is 34.1. The molecular formula is C18H15F3N4O4. The normalized spacial score (nSPS) is 11.1. The minimum atomic E-state index is -4.58. The van der Waals surface area contributed by atoms with Crippen molar-refractivity contribution in [3.8, 4) is 5.75 Å². The second-order valence-electron chi connectivity index (χ2n) is 5.56. The molecule has 0 saturated carbocycles. The van der Waals surface area contributed by atoms with Crippen molar-refractivity contribution in [2.75, 3.05) is 11.9 Å². The van der Waals surface area contributed by atoms with Crippen molar-refractivity contribution in [1.82, 2.24) is 5.43 Å². The zero-order valence-corrected chi connectivity index (χ0v) is 14.7. The molecule has 2 aromatic rings. The number of ether oxygens (including phenoxy) is 1. The third kappa shape index (κ3) is 6.97. The molecule has 0 fully saturated rings. The molecule has 0 aliphatic carbocycles. The number of carbonyl (C=O) groups excluding carboxylic acids is 3. The number of nitrogens with zero attached hydrogens (tertiary/aromatic N) is 1. The summed E-state index contributed by atoms with van der Waals surface area (Å²) >= 11 is 0. The van der Waals surface area contributed by atoms with Crippen LogP contribution < -0.4 is 21.2 Å². The number of primary amides is 1. The quantitative estimate of drug-likeness (QED) is 0.382. The Balaban J connectivity index is 1.88. The standard InChI is InChI=1S/C18H15F3N4O4/c19-18(20,21)12-2-1-3-13(8-12)24-16(27)17(28)25-23-9-11-4-6-14(7-5-11)29-10-15(22)26/h1-9H,10H2,(H2,22,26)(H,24,27)(H,25,28)/b23-9-. The van der Waals surface area contributed by atoms with Gasteiger partial charge in [-0.2, -0.15) is 18.3 Å². The summed E-state index contributed by atoms with van der Waals surface area (Å²) in [5.41, 5.74) is 6.30. The van der Waals surface area contributed by atoms with Gasteiger partial charge in [-0.05, 0) is 48.0 Å². The van der Waals surface area contributed by atoms with Crippen LogP contribution >= 0.6 is 0 Å². The van der Waals surface area contributed by atoms with Gasteiger partial charge >= 0.3 is 18.0 Å². The smallest absolute Gasteiger partial charge is 0.416 e. The molecule has 0 saturated heterocycles. The molecule has 0 radical (unpaired) electrons. The van der Waals surface area contributed by atoms with E-state index in [1.807, 2.05) is 5.43 Å². The van der Waals surface area contributed by atoms with Gasteiger partial charge in [-0.15, -0.1) is 0 Å². The van der Waals surface area contributed by atoms with Crippen LogP contribution in [0.15, 0.2) is 53.6 Å². The van der Waals surface area contributed by atoms with Crippen molar-refractivity contribution in [2.24, 2.45) is 10.8 Å². The molecular weight excluding hydrogens is 393 g/mol. The molecule has 0 heterocycles. The summed E-state index contributed by atoms with van der Waals surface area (Å²) in [5, 5.41) is 5.64. The highest BCUT2D eigenvalue weighted by atomic mass is 19.4. The number of carbonyl (C=O) groups is 3. The lowest BCUT2D eigenvalue weighted by Crippen LogP contribution is -2.32. The highest BCUT2D eigenvalue weighted by Gasteiger charge is 2.30.